The third-order valence-electron chi connectivity index (χ3n) is 3.02. The van der Waals surface area contributed by atoms with Crippen LogP contribution in [0.1, 0.15) is 10.4 Å². The van der Waals surface area contributed by atoms with Crippen molar-refractivity contribution in [3.05, 3.63) is 53.1 Å². The molecule has 0 aliphatic carbocycles. The Bertz CT molecular complexity index is 734. The molecule has 0 saturated heterocycles. The molecule has 0 atom stereocenters. The lowest BCUT2D eigenvalue weighted by Crippen LogP contribution is -2.21. The van der Waals surface area contributed by atoms with Crippen LogP contribution in [0, 0.1) is 0 Å². The van der Waals surface area contributed by atoms with E-state index in [9.17, 15) is 9.59 Å². The normalized spacial score (nSPS) is 10.0. The van der Waals surface area contributed by atoms with Gasteiger partial charge < -0.3 is 21.1 Å². The first-order chi connectivity index (χ1) is 11.0. The first-order valence-electron chi connectivity index (χ1n) is 6.78. The van der Waals surface area contributed by atoms with E-state index in [2.05, 4.69) is 10.6 Å². The summed E-state index contributed by atoms with van der Waals surface area (Å²) < 4.78 is 5.09. The molecule has 2 amide bonds. The fourth-order valence-electron chi connectivity index (χ4n) is 1.87. The number of carbonyl (C=O) groups excluding carboxylic acids is 2. The summed E-state index contributed by atoms with van der Waals surface area (Å²) >= 11 is 6.12. The SMILES string of the molecule is COc1cccc(C(=O)Nc2ccc(NC(=O)CN)cc2Cl)c1. The van der Waals surface area contributed by atoms with Gasteiger partial charge in [-0.3, -0.25) is 9.59 Å². The maximum Gasteiger partial charge on any atom is 0.255 e. The molecule has 0 aliphatic rings. The highest BCUT2D eigenvalue weighted by Crippen LogP contribution is 2.26. The number of amides is 2. The number of halogens is 1. The zero-order valence-corrected chi connectivity index (χ0v) is 13.2. The van der Waals surface area contributed by atoms with Crippen molar-refractivity contribution >= 4 is 34.8 Å². The van der Waals surface area contributed by atoms with Gasteiger partial charge in [0.05, 0.1) is 24.4 Å². The zero-order valence-electron chi connectivity index (χ0n) is 12.4. The van der Waals surface area contributed by atoms with Crippen LogP contribution in [0.4, 0.5) is 11.4 Å². The van der Waals surface area contributed by atoms with Crippen molar-refractivity contribution < 1.29 is 14.3 Å². The summed E-state index contributed by atoms with van der Waals surface area (Å²) in [4.78, 5) is 23.5. The Labute approximate surface area is 138 Å². The molecule has 2 aromatic carbocycles. The van der Waals surface area contributed by atoms with Gasteiger partial charge in [0.15, 0.2) is 0 Å². The number of nitrogens with one attached hydrogen (secondary N) is 2. The number of benzene rings is 2. The van der Waals surface area contributed by atoms with Gasteiger partial charge in [0.1, 0.15) is 5.75 Å². The molecule has 0 radical (unpaired) electrons. The maximum absolute atomic E-state index is 12.2. The van der Waals surface area contributed by atoms with Crippen molar-refractivity contribution in [3.8, 4) is 5.75 Å². The molecular formula is C16H16ClN3O3. The van der Waals surface area contributed by atoms with E-state index in [0.717, 1.165) is 0 Å². The number of anilines is 2. The van der Waals surface area contributed by atoms with E-state index in [0.29, 0.717) is 27.7 Å². The maximum atomic E-state index is 12.2. The van der Waals surface area contributed by atoms with Gasteiger partial charge in [-0.1, -0.05) is 17.7 Å². The molecule has 7 heteroatoms. The molecule has 0 unspecified atom stereocenters. The summed E-state index contributed by atoms with van der Waals surface area (Å²) in [6, 6.07) is 11.5. The predicted molar refractivity (Wildman–Crippen MR) is 90.1 cm³/mol. The molecule has 0 aliphatic heterocycles. The summed E-state index contributed by atoms with van der Waals surface area (Å²) in [6.45, 7) is -0.119. The Hall–Kier alpha value is -2.57. The van der Waals surface area contributed by atoms with Gasteiger partial charge in [0.2, 0.25) is 5.91 Å². The number of rotatable bonds is 5. The summed E-state index contributed by atoms with van der Waals surface area (Å²) in [5.74, 6) is -0.0534. The van der Waals surface area contributed by atoms with Crippen molar-refractivity contribution in [1.29, 1.82) is 0 Å². The number of carbonyl (C=O) groups is 2. The minimum atomic E-state index is -0.325. The molecule has 0 bridgehead atoms. The lowest BCUT2D eigenvalue weighted by Gasteiger charge is -2.10. The smallest absolute Gasteiger partial charge is 0.255 e. The summed E-state index contributed by atoms with van der Waals surface area (Å²) in [5, 5.41) is 5.59. The zero-order chi connectivity index (χ0) is 16.8. The molecule has 0 aromatic heterocycles. The van der Waals surface area contributed by atoms with Crippen molar-refractivity contribution in [2.24, 2.45) is 5.73 Å². The molecule has 2 rings (SSSR count). The van der Waals surface area contributed by atoms with Gasteiger partial charge in [0, 0.05) is 11.3 Å². The average Bonchev–Trinajstić information content (AvgIpc) is 2.57. The Balaban J connectivity index is 2.13. The van der Waals surface area contributed by atoms with Crippen LogP contribution >= 0.6 is 11.6 Å². The number of hydrogen-bond acceptors (Lipinski definition) is 4. The standard InChI is InChI=1S/C16H16ClN3O3/c1-23-12-4-2-3-10(7-12)16(22)20-14-6-5-11(8-13(14)17)19-15(21)9-18/h2-8H,9,18H2,1H3,(H,19,21)(H,20,22). The first-order valence-corrected chi connectivity index (χ1v) is 7.16. The van der Waals surface area contributed by atoms with E-state index in [-0.39, 0.29) is 18.4 Å². The molecular weight excluding hydrogens is 318 g/mol. The number of nitrogens with two attached hydrogens (primary N) is 1. The predicted octanol–water partition coefficient (Wildman–Crippen LogP) is 2.50. The van der Waals surface area contributed by atoms with Crippen LogP contribution in [-0.2, 0) is 4.79 Å². The summed E-state index contributed by atoms with van der Waals surface area (Å²) in [5.41, 5.74) is 6.61. The van der Waals surface area contributed by atoms with Gasteiger partial charge in [-0.25, -0.2) is 0 Å². The molecule has 0 saturated carbocycles. The molecule has 120 valence electrons. The number of methoxy groups -OCH3 is 1. The molecule has 0 fully saturated rings. The third-order valence-corrected chi connectivity index (χ3v) is 3.33. The molecule has 23 heavy (non-hydrogen) atoms. The lowest BCUT2D eigenvalue weighted by atomic mass is 10.2. The van der Waals surface area contributed by atoms with Gasteiger partial charge in [-0.2, -0.15) is 0 Å². The highest BCUT2D eigenvalue weighted by atomic mass is 35.5. The largest absolute Gasteiger partial charge is 0.497 e. The van der Waals surface area contributed by atoms with Crippen LogP contribution in [0.3, 0.4) is 0 Å². The minimum absolute atomic E-state index is 0.119. The Morgan fingerprint density at radius 1 is 1.17 bits per heavy atom. The monoisotopic (exact) mass is 333 g/mol. The second kappa shape index (κ2) is 7.62. The number of hydrogen-bond donors (Lipinski definition) is 3. The fraction of sp³-hybridized carbons (Fsp3) is 0.125. The van der Waals surface area contributed by atoms with Gasteiger partial charge in [-0.05, 0) is 36.4 Å². The highest BCUT2D eigenvalue weighted by Gasteiger charge is 2.10. The summed E-state index contributed by atoms with van der Waals surface area (Å²) in [6.07, 6.45) is 0. The Morgan fingerprint density at radius 2 is 1.96 bits per heavy atom. The van der Waals surface area contributed by atoms with Crippen LogP contribution < -0.4 is 21.1 Å². The van der Waals surface area contributed by atoms with Crippen molar-refractivity contribution in [3.63, 3.8) is 0 Å². The first kappa shape index (κ1) is 16.8. The molecule has 2 aromatic rings. The van der Waals surface area contributed by atoms with Crippen LogP contribution in [0.15, 0.2) is 42.5 Å². The van der Waals surface area contributed by atoms with E-state index in [4.69, 9.17) is 22.1 Å². The molecule has 0 heterocycles. The van der Waals surface area contributed by atoms with Crippen LogP contribution in [0.5, 0.6) is 5.75 Å². The van der Waals surface area contributed by atoms with Crippen LogP contribution in [0.25, 0.3) is 0 Å². The van der Waals surface area contributed by atoms with Gasteiger partial charge in [-0.15, -0.1) is 0 Å². The van der Waals surface area contributed by atoms with E-state index in [1.54, 1.807) is 36.4 Å². The fourth-order valence-corrected chi connectivity index (χ4v) is 2.09. The Morgan fingerprint density at radius 3 is 2.61 bits per heavy atom. The second-order valence-corrected chi connectivity index (χ2v) is 5.04. The van der Waals surface area contributed by atoms with E-state index in [1.165, 1.54) is 13.2 Å². The second-order valence-electron chi connectivity index (χ2n) is 4.63. The number of ether oxygens (including phenoxy) is 1. The van der Waals surface area contributed by atoms with Gasteiger partial charge >= 0.3 is 0 Å². The molecule has 4 N–H and O–H groups in total. The lowest BCUT2D eigenvalue weighted by molar-refractivity contribution is -0.114. The third kappa shape index (κ3) is 4.45. The van der Waals surface area contributed by atoms with E-state index >= 15 is 0 Å². The highest BCUT2D eigenvalue weighted by molar-refractivity contribution is 6.34. The van der Waals surface area contributed by atoms with Crippen molar-refractivity contribution in [1.82, 2.24) is 0 Å². The van der Waals surface area contributed by atoms with Crippen LogP contribution in [-0.4, -0.2) is 25.5 Å². The van der Waals surface area contributed by atoms with E-state index in [1.807, 2.05) is 0 Å². The Kier molecular flexibility index (Phi) is 5.56. The van der Waals surface area contributed by atoms with Gasteiger partial charge in [0.25, 0.3) is 5.91 Å². The van der Waals surface area contributed by atoms with Crippen molar-refractivity contribution in [2.75, 3.05) is 24.3 Å². The quantitative estimate of drug-likeness (QED) is 0.783. The summed E-state index contributed by atoms with van der Waals surface area (Å²) in [7, 11) is 1.53. The van der Waals surface area contributed by atoms with E-state index < -0.39 is 0 Å². The molecule has 0 spiro atoms. The van der Waals surface area contributed by atoms with Crippen LogP contribution in [0.2, 0.25) is 5.02 Å². The average molecular weight is 334 g/mol. The molecule has 6 nitrogen and oxygen atoms in total. The topological polar surface area (TPSA) is 93.5 Å². The minimum Gasteiger partial charge on any atom is -0.497 e. The van der Waals surface area contributed by atoms with Crippen molar-refractivity contribution in [2.45, 2.75) is 0 Å².